The van der Waals surface area contributed by atoms with Gasteiger partial charge in [0.1, 0.15) is 5.66 Å². The van der Waals surface area contributed by atoms with Gasteiger partial charge in [-0.3, -0.25) is 5.01 Å². The lowest BCUT2D eigenvalue weighted by Crippen LogP contribution is -2.53. The summed E-state index contributed by atoms with van der Waals surface area (Å²) in [4.78, 5) is 0. The average Bonchev–Trinajstić information content (AvgIpc) is 2.66. The molecule has 1 aromatic carbocycles. The van der Waals surface area contributed by atoms with Gasteiger partial charge in [-0.05, 0) is 61.7 Å². The van der Waals surface area contributed by atoms with Crippen molar-refractivity contribution in [3.63, 3.8) is 0 Å². The van der Waals surface area contributed by atoms with Crippen LogP contribution in [0.5, 0.6) is 0 Å². The van der Waals surface area contributed by atoms with Crippen molar-refractivity contribution in [1.29, 1.82) is 0 Å². The lowest BCUT2D eigenvalue weighted by molar-refractivity contribution is 0.192. The van der Waals surface area contributed by atoms with E-state index < -0.39 is 0 Å². The molecule has 2 atom stereocenters. The van der Waals surface area contributed by atoms with E-state index in [1.165, 1.54) is 12.8 Å². The quantitative estimate of drug-likeness (QED) is 0.776. The molecule has 2 N–H and O–H groups in total. The van der Waals surface area contributed by atoms with Gasteiger partial charge in [0.15, 0.2) is 5.11 Å². The first-order valence-electron chi connectivity index (χ1n) is 6.74. The van der Waals surface area contributed by atoms with Crippen LogP contribution in [0.3, 0.4) is 0 Å². The van der Waals surface area contributed by atoms with Gasteiger partial charge in [-0.1, -0.05) is 24.9 Å². The molecule has 1 aliphatic carbocycles. The van der Waals surface area contributed by atoms with Crippen molar-refractivity contribution in [3.8, 4) is 0 Å². The third-order valence-corrected chi connectivity index (χ3v) is 4.49. The fourth-order valence-corrected chi connectivity index (χ4v) is 3.56. The predicted octanol–water partition coefficient (Wildman–Crippen LogP) is 3.45. The molecule has 1 heterocycles. The van der Waals surface area contributed by atoms with Crippen molar-refractivity contribution >= 4 is 34.6 Å². The minimum absolute atomic E-state index is 0.0611. The van der Waals surface area contributed by atoms with Gasteiger partial charge >= 0.3 is 0 Å². The van der Waals surface area contributed by atoms with E-state index >= 15 is 0 Å². The van der Waals surface area contributed by atoms with Crippen molar-refractivity contribution < 1.29 is 0 Å². The fraction of sp³-hybridized carbons (Fsp3) is 0.500. The highest BCUT2D eigenvalue weighted by Gasteiger charge is 2.43. The summed E-state index contributed by atoms with van der Waals surface area (Å²) in [5.74, 6) is 0.724. The SMILES string of the molecule is C[C@H]1CCC[C@@]2(C1)NC(=S)N(c1ccc(Cl)cc1)N2. The minimum Gasteiger partial charge on any atom is -0.342 e. The Labute approximate surface area is 124 Å². The van der Waals surface area contributed by atoms with E-state index in [0.717, 1.165) is 34.6 Å². The van der Waals surface area contributed by atoms with E-state index in [2.05, 4.69) is 17.7 Å². The first-order chi connectivity index (χ1) is 9.08. The Balaban J connectivity index is 1.81. The van der Waals surface area contributed by atoms with Crippen LogP contribution in [0.2, 0.25) is 5.02 Å². The number of thiocarbonyl (C=S) groups is 1. The topological polar surface area (TPSA) is 27.3 Å². The van der Waals surface area contributed by atoms with Crippen LogP contribution in [0, 0.1) is 5.92 Å². The van der Waals surface area contributed by atoms with Gasteiger partial charge in [0.2, 0.25) is 0 Å². The first-order valence-corrected chi connectivity index (χ1v) is 7.52. The van der Waals surface area contributed by atoms with Gasteiger partial charge in [0.25, 0.3) is 0 Å². The smallest absolute Gasteiger partial charge is 0.189 e. The van der Waals surface area contributed by atoms with Gasteiger partial charge < -0.3 is 5.32 Å². The molecule has 1 aromatic rings. The maximum absolute atomic E-state index is 5.93. The Morgan fingerprint density at radius 2 is 2.11 bits per heavy atom. The summed E-state index contributed by atoms with van der Waals surface area (Å²) in [5.41, 5.74) is 4.52. The van der Waals surface area contributed by atoms with Crippen LogP contribution in [0.25, 0.3) is 0 Å². The Morgan fingerprint density at radius 1 is 1.37 bits per heavy atom. The van der Waals surface area contributed by atoms with E-state index in [9.17, 15) is 0 Å². The van der Waals surface area contributed by atoms with Crippen LogP contribution in [-0.2, 0) is 0 Å². The Hall–Kier alpha value is -0.840. The summed E-state index contributed by atoms with van der Waals surface area (Å²) in [7, 11) is 0. The van der Waals surface area contributed by atoms with E-state index in [0.29, 0.717) is 0 Å². The number of hydrogen-bond acceptors (Lipinski definition) is 2. The van der Waals surface area contributed by atoms with Gasteiger partial charge in [-0.2, -0.15) is 0 Å². The van der Waals surface area contributed by atoms with Gasteiger partial charge in [0.05, 0.1) is 5.69 Å². The number of nitrogens with zero attached hydrogens (tertiary/aromatic N) is 1. The highest BCUT2D eigenvalue weighted by molar-refractivity contribution is 7.80. The van der Waals surface area contributed by atoms with Crippen LogP contribution < -0.4 is 15.8 Å². The maximum Gasteiger partial charge on any atom is 0.189 e. The van der Waals surface area contributed by atoms with Crippen LogP contribution in [0.15, 0.2) is 24.3 Å². The second-order valence-corrected chi connectivity index (χ2v) is 6.46. The second-order valence-electron chi connectivity index (χ2n) is 5.64. The van der Waals surface area contributed by atoms with Crippen LogP contribution >= 0.6 is 23.8 Å². The normalized spacial score (nSPS) is 30.7. The molecule has 3 nitrogen and oxygen atoms in total. The lowest BCUT2D eigenvalue weighted by Gasteiger charge is -2.36. The third-order valence-electron chi connectivity index (χ3n) is 3.96. The van der Waals surface area contributed by atoms with Gasteiger partial charge in [0, 0.05) is 5.02 Å². The molecule has 3 rings (SSSR count). The number of halogens is 1. The zero-order chi connectivity index (χ0) is 13.5. The highest BCUT2D eigenvalue weighted by atomic mass is 35.5. The third kappa shape index (κ3) is 2.57. The maximum atomic E-state index is 5.93. The van der Waals surface area contributed by atoms with E-state index in [-0.39, 0.29) is 5.66 Å². The molecule has 1 spiro atoms. The first kappa shape index (κ1) is 13.2. The van der Waals surface area contributed by atoms with E-state index in [4.69, 9.17) is 23.8 Å². The number of nitrogens with one attached hydrogen (secondary N) is 2. The molecule has 1 aliphatic heterocycles. The van der Waals surface area contributed by atoms with Crippen molar-refractivity contribution in [2.24, 2.45) is 5.92 Å². The Kier molecular flexibility index (Phi) is 3.41. The molecule has 0 radical (unpaired) electrons. The molecule has 1 saturated heterocycles. The Bertz CT molecular complexity index is 490. The molecular formula is C14H18ClN3S. The summed E-state index contributed by atoms with van der Waals surface area (Å²) in [6, 6.07) is 7.73. The molecular weight excluding hydrogens is 278 g/mol. The zero-order valence-corrected chi connectivity index (χ0v) is 12.5. The summed E-state index contributed by atoms with van der Waals surface area (Å²) in [6.45, 7) is 2.30. The van der Waals surface area contributed by atoms with Crippen LogP contribution in [0.1, 0.15) is 32.6 Å². The van der Waals surface area contributed by atoms with Crippen LogP contribution in [-0.4, -0.2) is 10.8 Å². The number of anilines is 1. The summed E-state index contributed by atoms with van der Waals surface area (Å²) >= 11 is 11.4. The number of rotatable bonds is 1. The summed E-state index contributed by atoms with van der Waals surface area (Å²) in [5, 5.41) is 6.92. The monoisotopic (exact) mass is 295 g/mol. The molecule has 0 unspecified atom stereocenters. The zero-order valence-electron chi connectivity index (χ0n) is 10.9. The number of hydrogen-bond donors (Lipinski definition) is 2. The molecule has 5 heteroatoms. The van der Waals surface area contributed by atoms with Crippen LogP contribution in [0.4, 0.5) is 5.69 Å². The van der Waals surface area contributed by atoms with Gasteiger partial charge in [-0.25, -0.2) is 5.43 Å². The van der Waals surface area contributed by atoms with Crippen molar-refractivity contribution in [2.75, 3.05) is 5.01 Å². The highest BCUT2D eigenvalue weighted by Crippen LogP contribution is 2.34. The molecule has 2 fully saturated rings. The van der Waals surface area contributed by atoms with Crippen molar-refractivity contribution in [3.05, 3.63) is 29.3 Å². The molecule has 0 amide bonds. The minimum atomic E-state index is -0.0611. The number of benzene rings is 1. The molecule has 2 aliphatic rings. The fourth-order valence-electron chi connectivity index (χ4n) is 3.09. The average molecular weight is 296 g/mol. The summed E-state index contributed by atoms with van der Waals surface area (Å²) in [6.07, 6.45) is 4.76. The second kappa shape index (κ2) is 4.93. The molecule has 102 valence electrons. The Morgan fingerprint density at radius 3 is 2.79 bits per heavy atom. The van der Waals surface area contributed by atoms with Crippen molar-refractivity contribution in [1.82, 2.24) is 10.7 Å². The van der Waals surface area contributed by atoms with E-state index in [1.807, 2.05) is 29.3 Å². The number of hydrazine groups is 1. The molecule has 1 saturated carbocycles. The molecule has 0 bridgehead atoms. The standard InChI is InChI=1S/C14H18ClN3S/c1-10-3-2-8-14(9-10)16-13(19)18(17-14)12-6-4-11(15)5-7-12/h4-7,10,17H,2-3,8-9H2,1H3,(H,16,19)/t10-,14+/m0/s1. The summed E-state index contributed by atoms with van der Waals surface area (Å²) < 4.78 is 0. The van der Waals surface area contributed by atoms with Gasteiger partial charge in [-0.15, -0.1) is 0 Å². The molecule has 0 aromatic heterocycles. The molecule has 19 heavy (non-hydrogen) atoms. The predicted molar refractivity (Wildman–Crippen MR) is 83.2 cm³/mol. The largest absolute Gasteiger partial charge is 0.342 e. The van der Waals surface area contributed by atoms with Crippen molar-refractivity contribution in [2.45, 2.75) is 38.3 Å². The lowest BCUT2D eigenvalue weighted by atomic mass is 9.83. The van der Waals surface area contributed by atoms with E-state index in [1.54, 1.807) is 0 Å².